The van der Waals surface area contributed by atoms with E-state index in [0.717, 1.165) is 24.8 Å². The fraction of sp³-hybridized carbons (Fsp3) is 0.350. The summed E-state index contributed by atoms with van der Waals surface area (Å²) >= 11 is 0. The van der Waals surface area contributed by atoms with Crippen molar-refractivity contribution < 1.29 is 9.13 Å². The molecule has 3 heterocycles. The summed E-state index contributed by atoms with van der Waals surface area (Å²) < 4.78 is 23.0. The van der Waals surface area contributed by atoms with Crippen molar-refractivity contribution in [3.63, 3.8) is 0 Å². The molecule has 4 aromatic rings. The van der Waals surface area contributed by atoms with Crippen LogP contribution in [0.4, 0.5) is 4.39 Å². The zero-order chi connectivity index (χ0) is 20.1. The standard InChI is InChI=1S/C20H22FN7O/c1-2-29-13-6-5-12-27-20(23-25-26-27)18-16-9-7-11-22-19(16)28(24-18)14-15-8-3-4-10-17(15)21/h3-4,7-11H,2,5-6,12-14H2,1H3. The fourth-order valence-electron chi connectivity index (χ4n) is 3.21. The summed E-state index contributed by atoms with van der Waals surface area (Å²) in [4.78, 5) is 4.45. The predicted octanol–water partition coefficient (Wildman–Crippen LogP) is 3.09. The van der Waals surface area contributed by atoms with Crippen LogP contribution in [-0.4, -0.2) is 48.2 Å². The maximum Gasteiger partial charge on any atom is 0.203 e. The molecule has 0 N–H and O–H groups in total. The highest BCUT2D eigenvalue weighted by Gasteiger charge is 2.19. The van der Waals surface area contributed by atoms with E-state index >= 15 is 0 Å². The molecule has 3 aromatic heterocycles. The zero-order valence-corrected chi connectivity index (χ0v) is 16.2. The molecule has 0 unspecified atom stereocenters. The first-order valence-corrected chi connectivity index (χ1v) is 9.67. The Labute approximate surface area is 167 Å². The molecule has 0 aliphatic heterocycles. The number of aromatic nitrogens is 7. The monoisotopic (exact) mass is 395 g/mol. The third-order valence-electron chi connectivity index (χ3n) is 4.64. The SMILES string of the molecule is CCOCCCCn1nnnc1-c1nn(Cc2ccccc2F)c2ncccc12. The first kappa shape index (κ1) is 19.1. The molecular weight excluding hydrogens is 373 g/mol. The highest BCUT2D eigenvalue weighted by molar-refractivity contribution is 5.89. The van der Waals surface area contributed by atoms with Gasteiger partial charge in [0.2, 0.25) is 5.82 Å². The first-order valence-electron chi connectivity index (χ1n) is 9.67. The second-order valence-corrected chi connectivity index (χ2v) is 6.60. The Morgan fingerprint density at radius 1 is 1.07 bits per heavy atom. The molecule has 4 rings (SSSR count). The molecule has 150 valence electrons. The molecule has 0 radical (unpaired) electrons. The first-order chi connectivity index (χ1) is 14.3. The minimum Gasteiger partial charge on any atom is -0.382 e. The van der Waals surface area contributed by atoms with E-state index in [2.05, 4.69) is 25.6 Å². The summed E-state index contributed by atoms with van der Waals surface area (Å²) in [7, 11) is 0. The minimum atomic E-state index is -0.271. The van der Waals surface area contributed by atoms with E-state index in [9.17, 15) is 4.39 Å². The Morgan fingerprint density at radius 2 is 1.97 bits per heavy atom. The van der Waals surface area contributed by atoms with Gasteiger partial charge >= 0.3 is 0 Å². The van der Waals surface area contributed by atoms with Crippen LogP contribution < -0.4 is 0 Å². The number of fused-ring (bicyclic) bond motifs is 1. The zero-order valence-electron chi connectivity index (χ0n) is 16.2. The van der Waals surface area contributed by atoms with Crippen molar-refractivity contribution in [1.82, 2.24) is 35.0 Å². The summed E-state index contributed by atoms with van der Waals surface area (Å²) in [6.07, 6.45) is 3.52. The highest BCUT2D eigenvalue weighted by Crippen LogP contribution is 2.26. The Kier molecular flexibility index (Phi) is 5.85. The van der Waals surface area contributed by atoms with Gasteiger partial charge in [0.25, 0.3) is 0 Å². The van der Waals surface area contributed by atoms with Gasteiger partial charge in [-0.1, -0.05) is 18.2 Å². The van der Waals surface area contributed by atoms with Gasteiger partial charge < -0.3 is 4.74 Å². The van der Waals surface area contributed by atoms with Crippen LogP contribution in [0.3, 0.4) is 0 Å². The molecule has 0 aliphatic carbocycles. The molecule has 0 spiro atoms. The third kappa shape index (κ3) is 4.14. The molecule has 9 heteroatoms. The van der Waals surface area contributed by atoms with Crippen LogP contribution in [0, 0.1) is 5.82 Å². The number of hydrogen-bond acceptors (Lipinski definition) is 6. The van der Waals surface area contributed by atoms with Crippen LogP contribution in [0.5, 0.6) is 0 Å². The lowest BCUT2D eigenvalue weighted by molar-refractivity contribution is 0.142. The number of halogens is 1. The van der Waals surface area contributed by atoms with Crippen LogP contribution in [0.2, 0.25) is 0 Å². The number of rotatable bonds is 9. The molecule has 29 heavy (non-hydrogen) atoms. The van der Waals surface area contributed by atoms with E-state index in [4.69, 9.17) is 4.74 Å². The summed E-state index contributed by atoms with van der Waals surface area (Å²) in [6.45, 7) is 4.36. The summed E-state index contributed by atoms with van der Waals surface area (Å²) in [5.74, 6) is 0.305. The lowest BCUT2D eigenvalue weighted by atomic mass is 10.2. The summed E-state index contributed by atoms with van der Waals surface area (Å²) in [6, 6.07) is 10.4. The van der Waals surface area contributed by atoms with Gasteiger partial charge in [-0.3, -0.25) is 0 Å². The second kappa shape index (κ2) is 8.87. The van der Waals surface area contributed by atoms with Gasteiger partial charge in [0.1, 0.15) is 11.5 Å². The number of ether oxygens (including phenoxy) is 1. The Morgan fingerprint density at radius 3 is 2.83 bits per heavy atom. The van der Waals surface area contributed by atoms with Gasteiger partial charge in [0.15, 0.2) is 5.65 Å². The summed E-state index contributed by atoms with van der Waals surface area (Å²) in [5, 5.41) is 17.6. The average Bonchev–Trinajstić information content (AvgIpc) is 3.34. The molecular formula is C20H22FN7O. The highest BCUT2D eigenvalue weighted by atomic mass is 19.1. The van der Waals surface area contributed by atoms with Gasteiger partial charge in [0, 0.05) is 31.5 Å². The van der Waals surface area contributed by atoms with Crippen molar-refractivity contribution in [2.75, 3.05) is 13.2 Å². The predicted molar refractivity (Wildman–Crippen MR) is 106 cm³/mol. The number of hydrogen-bond donors (Lipinski definition) is 0. The minimum absolute atomic E-state index is 0.271. The number of tetrazole rings is 1. The number of benzene rings is 1. The molecule has 0 atom stereocenters. The van der Waals surface area contributed by atoms with Crippen LogP contribution in [-0.2, 0) is 17.8 Å². The Bertz CT molecular complexity index is 1090. The van der Waals surface area contributed by atoms with Crippen molar-refractivity contribution in [1.29, 1.82) is 0 Å². The largest absolute Gasteiger partial charge is 0.382 e. The number of nitrogens with zero attached hydrogens (tertiary/aromatic N) is 7. The molecule has 0 saturated carbocycles. The van der Waals surface area contributed by atoms with Crippen molar-refractivity contribution in [3.8, 4) is 11.5 Å². The topological polar surface area (TPSA) is 83.5 Å². The lowest BCUT2D eigenvalue weighted by Crippen LogP contribution is -2.06. The molecule has 8 nitrogen and oxygen atoms in total. The quantitative estimate of drug-likeness (QED) is 0.405. The summed E-state index contributed by atoms with van der Waals surface area (Å²) in [5.41, 5.74) is 1.85. The van der Waals surface area contributed by atoms with E-state index in [0.29, 0.717) is 35.9 Å². The van der Waals surface area contributed by atoms with E-state index in [1.54, 1.807) is 33.8 Å². The van der Waals surface area contributed by atoms with Gasteiger partial charge in [-0.15, -0.1) is 5.10 Å². The Hall–Kier alpha value is -3.20. The molecule has 0 amide bonds. The second-order valence-electron chi connectivity index (χ2n) is 6.60. The van der Waals surface area contributed by atoms with Gasteiger partial charge in [-0.2, -0.15) is 5.10 Å². The van der Waals surface area contributed by atoms with E-state index in [1.807, 2.05) is 19.1 Å². The molecule has 0 aliphatic rings. The molecule has 0 bridgehead atoms. The number of aryl methyl sites for hydroxylation is 1. The van der Waals surface area contributed by atoms with E-state index < -0.39 is 0 Å². The van der Waals surface area contributed by atoms with Crippen LogP contribution in [0.15, 0.2) is 42.6 Å². The van der Waals surface area contributed by atoms with Gasteiger partial charge in [-0.25, -0.2) is 18.7 Å². The van der Waals surface area contributed by atoms with Crippen molar-refractivity contribution in [2.24, 2.45) is 0 Å². The number of pyridine rings is 1. The molecule has 1 aromatic carbocycles. The maximum atomic E-state index is 14.1. The fourth-order valence-corrected chi connectivity index (χ4v) is 3.21. The third-order valence-corrected chi connectivity index (χ3v) is 4.64. The van der Waals surface area contributed by atoms with E-state index in [1.165, 1.54) is 6.07 Å². The Balaban J connectivity index is 1.64. The van der Waals surface area contributed by atoms with Gasteiger partial charge in [0.05, 0.1) is 11.9 Å². The average molecular weight is 395 g/mol. The number of unbranched alkanes of at least 4 members (excludes halogenated alkanes) is 1. The smallest absolute Gasteiger partial charge is 0.203 e. The van der Waals surface area contributed by atoms with Gasteiger partial charge in [-0.05, 0) is 48.4 Å². The van der Waals surface area contributed by atoms with Crippen molar-refractivity contribution >= 4 is 11.0 Å². The normalized spacial score (nSPS) is 11.4. The van der Waals surface area contributed by atoms with Crippen molar-refractivity contribution in [3.05, 3.63) is 54.0 Å². The van der Waals surface area contributed by atoms with E-state index in [-0.39, 0.29) is 12.4 Å². The van der Waals surface area contributed by atoms with Crippen LogP contribution in [0.25, 0.3) is 22.6 Å². The lowest BCUT2D eigenvalue weighted by Gasteiger charge is -2.04. The van der Waals surface area contributed by atoms with Crippen LogP contribution in [0.1, 0.15) is 25.3 Å². The molecule has 0 saturated heterocycles. The van der Waals surface area contributed by atoms with Crippen molar-refractivity contribution in [2.45, 2.75) is 32.9 Å². The van der Waals surface area contributed by atoms with Crippen LogP contribution >= 0.6 is 0 Å². The molecule has 0 fully saturated rings. The maximum absolute atomic E-state index is 14.1.